The summed E-state index contributed by atoms with van der Waals surface area (Å²) in [6, 6.07) is 1.63. The first-order chi connectivity index (χ1) is 10.9. The molecule has 2 N–H and O–H groups in total. The number of H-pyrrole nitrogens is 1. The average Bonchev–Trinajstić information content (AvgIpc) is 3.22. The predicted octanol–water partition coefficient (Wildman–Crippen LogP) is 0.00374. The summed E-state index contributed by atoms with van der Waals surface area (Å²) in [6.45, 7) is 3.29. The second-order valence-electron chi connectivity index (χ2n) is 5.75. The Morgan fingerprint density at radius 3 is 2.87 bits per heavy atom. The molecule has 1 aliphatic carbocycles. The summed E-state index contributed by atoms with van der Waals surface area (Å²) in [6.07, 6.45) is 1.97. The van der Waals surface area contributed by atoms with Crippen LogP contribution < -0.4 is 10.9 Å². The second kappa shape index (κ2) is 5.86. The Morgan fingerprint density at radius 2 is 2.17 bits per heavy atom. The fraction of sp³-hybridized carbons (Fsp3) is 0.467. The highest BCUT2D eigenvalue weighted by Gasteiger charge is 2.23. The lowest BCUT2D eigenvalue weighted by Crippen LogP contribution is -2.30. The molecule has 0 unspecified atom stereocenters. The van der Waals surface area contributed by atoms with E-state index < -0.39 is 5.97 Å². The topological polar surface area (TPSA) is 106 Å². The largest absolute Gasteiger partial charge is 0.455 e. The van der Waals surface area contributed by atoms with Crippen molar-refractivity contribution in [3.63, 3.8) is 0 Å². The molecule has 1 fully saturated rings. The highest BCUT2D eigenvalue weighted by molar-refractivity contribution is 5.81. The maximum absolute atomic E-state index is 12.0. The van der Waals surface area contributed by atoms with Crippen molar-refractivity contribution in [2.45, 2.75) is 39.2 Å². The molecule has 0 atom stereocenters. The first-order valence-electron chi connectivity index (χ1n) is 7.47. The zero-order chi connectivity index (χ0) is 16.6. The monoisotopic (exact) mass is 318 g/mol. The molecule has 1 saturated carbocycles. The lowest BCUT2D eigenvalue weighted by Gasteiger charge is -2.11. The Kier molecular flexibility index (Phi) is 3.89. The zero-order valence-corrected chi connectivity index (χ0v) is 13.0. The van der Waals surface area contributed by atoms with E-state index >= 15 is 0 Å². The summed E-state index contributed by atoms with van der Waals surface area (Å²) in [5, 5.41) is 5.38. The van der Waals surface area contributed by atoms with Gasteiger partial charge in [-0.1, -0.05) is 0 Å². The summed E-state index contributed by atoms with van der Waals surface area (Å²) in [4.78, 5) is 39.2. The third kappa shape index (κ3) is 3.41. The maximum Gasteiger partial charge on any atom is 0.310 e. The van der Waals surface area contributed by atoms with Gasteiger partial charge in [-0.05, 0) is 26.7 Å². The molecule has 8 nitrogen and oxygen atoms in total. The van der Waals surface area contributed by atoms with Crippen LogP contribution in [0.4, 0.5) is 0 Å². The molecular formula is C15H18N4O4. The lowest BCUT2D eigenvalue weighted by molar-refractivity contribution is -0.147. The maximum atomic E-state index is 12.0. The van der Waals surface area contributed by atoms with E-state index in [-0.39, 0.29) is 30.5 Å². The second-order valence-corrected chi connectivity index (χ2v) is 5.75. The van der Waals surface area contributed by atoms with Gasteiger partial charge in [-0.2, -0.15) is 0 Å². The van der Waals surface area contributed by atoms with Crippen LogP contribution in [0.5, 0.6) is 0 Å². The summed E-state index contributed by atoms with van der Waals surface area (Å²) in [5.41, 5.74) is 2.30. The van der Waals surface area contributed by atoms with Crippen LogP contribution in [-0.2, 0) is 20.7 Å². The molecule has 0 radical (unpaired) electrons. The molecule has 0 saturated heterocycles. The minimum Gasteiger partial charge on any atom is -0.455 e. The molecular weight excluding hydrogens is 300 g/mol. The van der Waals surface area contributed by atoms with Crippen LogP contribution in [0, 0.1) is 13.8 Å². The van der Waals surface area contributed by atoms with E-state index in [9.17, 15) is 14.4 Å². The molecule has 1 amide bonds. The summed E-state index contributed by atoms with van der Waals surface area (Å²) < 4.78 is 6.54. The molecule has 23 heavy (non-hydrogen) atoms. The Bertz CT molecular complexity index is 832. The van der Waals surface area contributed by atoms with Crippen molar-refractivity contribution in [1.29, 1.82) is 0 Å². The highest BCUT2D eigenvalue weighted by atomic mass is 16.5. The lowest BCUT2D eigenvalue weighted by atomic mass is 10.1. The normalized spacial score (nSPS) is 14.0. The van der Waals surface area contributed by atoms with Crippen molar-refractivity contribution in [2.24, 2.45) is 0 Å². The van der Waals surface area contributed by atoms with E-state index in [0.29, 0.717) is 22.6 Å². The van der Waals surface area contributed by atoms with E-state index in [1.54, 1.807) is 13.8 Å². The minimum atomic E-state index is -0.502. The van der Waals surface area contributed by atoms with Gasteiger partial charge in [0.1, 0.15) is 0 Å². The van der Waals surface area contributed by atoms with Gasteiger partial charge in [0.05, 0.1) is 6.42 Å². The molecule has 0 spiro atoms. The number of carbonyl (C=O) groups excluding carboxylic acids is 2. The van der Waals surface area contributed by atoms with Crippen LogP contribution in [0.3, 0.4) is 0 Å². The number of rotatable bonds is 5. The van der Waals surface area contributed by atoms with Crippen molar-refractivity contribution in [3.8, 4) is 0 Å². The summed E-state index contributed by atoms with van der Waals surface area (Å²) in [7, 11) is 0. The van der Waals surface area contributed by atoms with Crippen molar-refractivity contribution in [3.05, 3.63) is 33.4 Å². The predicted molar refractivity (Wildman–Crippen MR) is 81.1 cm³/mol. The van der Waals surface area contributed by atoms with Gasteiger partial charge in [-0.3, -0.25) is 19.5 Å². The van der Waals surface area contributed by atoms with Crippen molar-refractivity contribution < 1.29 is 14.3 Å². The van der Waals surface area contributed by atoms with Gasteiger partial charge in [-0.15, -0.1) is 0 Å². The molecule has 0 aliphatic heterocycles. The quantitative estimate of drug-likeness (QED) is 0.755. The standard InChI is InChI=1S/C15H18N4O4/c1-8-11(9(2)19-12(16-8)6-13(20)18-19)5-15(22)23-7-14(21)17-10-3-4-10/h6,10H,3-5,7H2,1-2H3,(H,17,21)(H,18,20). The number of aryl methyl sites for hydroxylation is 2. The number of amides is 1. The number of aromatic amines is 1. The molecule has 1 aliphatic rings. The molecule has 0 aromatic carbocycles. The molecule has 122 valence electrons. The Hall–Kier alpha value is -2.64. The fourth-order valence-corrected chi connectivity index (χ4v) is 2.45. The SMILES string of the molecule is Cc1nc2cc(=O)[nH]n2c(C)c1CC(=O)OCC(=O)NC1CC1. The molecule has 2 heterocycles. The van der Waals surface area contributed by atoms with Gasteiger partial charge in [0.25, 0.3) is 11.5 Å². The van der Waals surface area contributed by atoms with Crippen molar-refractivity contribution >= 4 is 17.5 Å². The third-order valence-electron chi connectivity index (χ3n) is 3.83. The molecule has 3 rings (SSSR count). The number of fused-ring (bicyclic) bond motifs is 1. The fourth-order valence-electron chi connectivity index (χ4n) is 2.45. The van der Waals surface area contributed by atoms with Crippen LogP contribution in [0.2, 0.25) is 0 Å². The van der Waals surface area contributed by atoms with E-state index in [1.165, 1.54) is 10.6 Å². The van der Waals surface area contributed by atoms with Crippen molar-refractivity contribution in [2.75, 3.05) is 6.61 Å². The van der Waals surface area contributed by atoms with Crippen LogP contribution in [0.1, 0.15) is 29.8 Å². The van der Waals surface area contributed by atoms with E-state index in [2.05, 4.69) is 15.4 Å². The number of nitrogens with one attached hydrogen (secondary N) is 2. The van der Waals surface area contributed by atoms with Gasteiger partial charge < -0.3 is 10.1 Å². The number of esters is 1. The first kappa shape index (κ1) is 15.3. The number of nitrogens with zero attached hydrogens (tertiary/aromatic N) is 2. The Morgan fingerprint density at radius 1 is 1.43 bits per heavy atom. The van der Waals surface area contributed by atoms with Gasteiger partial charge in [0.2, 0.25) is 0 Å². The Labute approximate surface area is 131 Å². The minimum absolute atomic E-state index is 0.00245. The highest BCUT2D eigenvalue weighted by Crippen LogP contribution is 2.18. The summed E-state index contributed by atoms with van der Waals surface area (Å²) >= 11 is 0. The molecule has 2 aromatic rings. The number of hydrogen-bond donors (Lipinski definition) is 2. The van der Waals surface area contributed by atoms with Crippen LogP contribution in [0.15, 0.2) is 10.9 Å². The number of aromatic nitrogens is 3. The summed E-state index contributed by atoms with van der Waals surface area (Å²) in [5.74, 6) is -0.782. The molecule has 2 aromatic heterocycles. The zero-order valence-electron chi connectivity index (χ0n) is 13.0. The number of carbonyl (C=O) groups is 2. The smallest absolute Gasteiger partial charge is 0.310 e. The third-order valence-corrected chi connectivity index (χ3v) is 3.83. The van der Waals surface area contributed by atoms with Gasteiger partial charge >= 0.3 is 5.97 Å². The van der Waals surface area contributed by atoms with Crippen LogP contribution in [-0.4, -0.2) is 39.1 Å². The van der Waals surface area contributed by atoms with Gasteiger partial charge in [0, 0.05) is 29.1 Å². The van der Waals surface area contributed by atoms with Gasteiger partial charge in [0.15, 0.2) is 12.3 Å². The van der Waals surface area contributed by atoms with Crippen LogP contribution in [0.25, 0.3) is 5.65 Å². The molecule has 0 bridgehead atoms. The Balaban J connectivity index is 1.68. The van der Waals surface area contributed by atoms with Crippen molar-refractivity contribution in [1.82, 2.24) is 19.9 Å². The number of hydrogen-bond acceptors (Lipinski definition) is 5. The average molecular weight is 318 g/mol. The van der Waals surface area contributed by atoms with E-state index in [0.717, 1.165) is 12.8 Å². The van der Waals surface area contributed by atoms with E-state index in [4.69, 9.17) is 4.74 Å². The van der Waals surface area contributed by atoms with E-state index in [1.807, 2.05) is 0 Å². The molecule has 8 heteroatoms. The van der Waals surface area contributed by atoms with Gasteiger partial charge in [-0.25, -0.2) is 9.50 Å². The number of ether oxygens (including phenoxy) is 1. The van der Waals surface area contributed by atoms with Crippen LogP contribution >= 0.6 is 0 Å². The first-order valence-corrected chi connectivity index (χ1v) is 7.47.